The standard InChI is InChI=1S/C15H18ClIN2O/c16-13-9-11(4-5-14(13)17)15(20)19-8-2-7-18-6-1-3-12(18)10-19/h4-5,9,12H,1-3,6-8,10H2. The molecule has 2 fully saturated rings. The molecule has 0 N–H and O–H groups in total. The summed E-state index contributed by atoms with van der Waals surface area (Å²) in [6.45, 7) is 4.04. The zero-order valence-corrected chi connectivity index (χ0v) is 14.2. The Hall–Kier alpha value is -0.330. The molecule has 3 rings (SSSR count). The Labute approximate surface area is 138 Å². The Morgan fingerprint density at radius 3 is 2.85 bits per heavy atom. The number of hydrogen-bond donors (Lipinski definition) is 0. The second-order valence-electron chi connectivity index (χ2n) is 5.57. The van der Waals surface area contributed by atoms with E-state index in [2.05, 4.69) is 27.5 Å². The van der Waals surface area contributed by atoms with Crippen LogP contribution in [0.2, 0.25) is 5.02 Å². The van der Waals surface area contributed by atoms with Gasteiger partial charge in [-0.25, -0.2) is 0 Å². The molecule has 108 valence electrons. The van der Waals surface area contributed by atoms with Crippen LogP contribution in [0.3, 0.4) is 0 Å². The minimum Gasteiger partial charge on any atom is -0.337 e. The molecule has 2 aliphatic rings. The van der Waals surface area contributed by atoms with E-state index in [1.807, 2.05) is 17.0 Å². The van der Waals surface area contributed by atoms with E-state index in [-0.39, 0.29) is 5.91 Å². The lowest BCUT2D eigenvalue weighted by molar-refractivity contribution is 0.0743. The molecule has 0 saturated carbocycles. The van der Waals surface area contributed by atoms with Crippen molar-refractivity contribution in [1.29, 1.82) is 0 Å². The van der Waals surface area contributed by atoms with Gasteiger partial charge in [-0.3, -0.25) is 9.69 Å². The molecule has 0 aliphatic carbocycles. The second kappa shape index (κ2) is 6.20. The van der Waals surface area contributed by atoms with Crippen molar-refractivity contribution in [2.75, 3.05) is 26.2 Å². The third-order valence-electron chi connectivity index (χ3n) is 4.26. The van der Waals surface area contributed by atoms with Gasteiger partial charge in [0.1, 0.15) is 0 Å². The summed E-state index contributed by atoms with van der Waals surface area (Å²) in [5.41, 5.74) is 0.710. The lowest BCUT2D eigenvalue weighted by Gasteiger charge is -2.25. The summed E-state index contributed by atoms with van der Waals surface area (Å²) in [6, 6.07) is 6.15. The highest BCUT2D eigenvalue weighted by molar-refractivity contribution is 14.1. The predicted molar refractivity (Wildman–Crippen MR) is 89.3 cm³/mol. The van der Waals surface area contributed by atoms with Gasteiger partial charge in [0.05, 0.1) is 5.02 Å². The minimum atomic E-state index is 0.122. The Balaban J connectivity index is 1.77. The van der Waals surface area contributed by atoms with Crippen molar-refractivity contribution in [3.05, 3.63) is 32.4 Å². The molecule has 1 aromatic rings. The molecule has 1 unspecified atom stereocenters. The van der Waals surface area contributed by atoms with Crippen LogP contribution < -0.4 is 0 Å². The van der Waals surface area contributed by atoms with Gasteiger partial charge in [0.2, 0.25) is 0 Å². The first-order valence-corrected chi connectivity index (χ1v) is 8.59. The van der Waals surface area contributed by atoms with Gasteiger partial charge in [-0.05, 0) is 66.6 Å². The van der Waals surface area contributed by atoms with E-state index in [0.717, 1.165) is 29.6 Å². The number of halogens is 2. The van der Waals surface area contributed by atoms with Crippen molar-refractivity contribution in [3.8, 4) is 0 Å². The van der Waals surface area contributed by atoms with Crippen LogP contribution in [0.15, 0.2) is 18.2 Å². The third-order valence-corrected chi connectivity index (χ3v) is 5.83. The summed E-state index contributed by atoms with van der Waals surface area (Å²) in [5, 5.41) is 0.661. The fourth-order valence-corrected chi connectivity index (χ4v) is 3.72. The number of hydrogen-bond acceptors (Lipinski definition) is 2. The number of fused-ring (bicyclic) bond motifs is 1. The maximum absolute atomic E-state index is 12.7. The van der Waals surface area contributed by atoms with Gasteiger partial charge >= 0.3 is 0 Å². The van der Waals surface area contributed by atoms with Crippen LogP contribution >= 0.6 is 34.2 Å². The van der Waals surface area contributed by atoms with Gasteiger partial charge in [-0.2, -0.15) is 0 Å². The van der Waals surface area contributed by atoms with Crippen LogP contribution in [0.5, 0.6) is 0 Å². The van der Waals surface area contributed by atoms with Crippen molar-refractivity contribution in [2.45, 2.75) is 25.3 Å². The molecule has 1 amide bonds. The van der Waals surface area contributed by atoms with Gasteiger partial charge in [-0.15, -0.1) is 0 Å². The number of rotatable bonds is 1. The molecular formula is C15H18ClIN2O. The Kier molecular flexibility index (Phi) is 4.52. The molecule has 1 aromatic carbocycles. The summed E-state index contributed by atoms with van der Waals surface area (Å²) in [6.07, 6.45) is 3.56. The Morgan fingerprint density at radius 2 is 2.05 bits per heavy atom. The smallest absolute Gasteiger partial charge is 0.253 e. The van der Waals surface area contributed by atoms with E-state index < -0.39 is 0 Å². The zero-order valence-electron chi connectivity index (χ0n) is 11.3. The minimum absolute atomic E-state index is 0.122. The normalized spacial score (nSPS) is 23.5. The highest BCUT2D eigenvalue weighted by atomic mass is 127. The summed E-state index contributed by atoms with van der Waals surface area (Å²) in [4.78, 5) is 17.2. The van der Waals surface area contributed by atoms with E-state index in [1.165, 1.54) is 19.4 Å². The van der Waals surface area contributed by atoms with Gasteiger partial charge in [0.25, 0.3) is 5.91 Å². The SMILES string of the molecule is O=C(c1ccc(I)c(Cl)c1)N1CCCN2CCCC2C1. The first-order valence-electron chi connectivity index (χ1n) is 7.13. The quantitative estimate of drug-likeness (QED) is 0.671. The molecule has 0 radical (unpaired) electrons. The molecule has 20 heavy (non-hydrogen) atoms. The number of benzene rings is 1. The molecular weight excluding hydrogens is 387 g/mol. The number of carbonyl (C=O) groups excluding carboxylic acids is 1. The van der Waals surface area contributed by atoms with Crippen LogP contribution in [-0.4, -0.2) is 47.9 Å². The largest absolute Gasteiger partial charge is 0.337 e. The maximum Gasteiger partial charge on any atom is 0.253 e. The van der Waals surface area contributed by atoms with Crippen molar-refractivity contribution in [1.82, 2.24) is 9.80 Å². The second-order valence-corrected chi connectivity index (χ2v) is 7.14. The average molecular weight is 405 g/mol. The highest BCUT2D eigenvalue weighted by Crippen LogP contribution is 2.24. The average Bonchev–Trinajstić information content (AvgIpc) is 2.78. The number of amides is 1. The van der Waals surface area contributed by atoms with E-state index in [9.17, 15) is 4.79 Å². The Bertz CT molecular complexity index is 523. The lowest BCUT2D eigenvalue weighted by Crippen LogP contribution is -2.39. The van der Waals surface area contributed by atoms with Crippen molar-refractivity contribution >= 4 is 40.1 Å². The van der Waals surface area contributed by atoms with E-state index in [0.29, 0.717) is 16.6 Å². The van der Waals surface area contributed by atoms with Crippen LogP contribution in [0.25, 0.3) is 0 Å². The first-order chi connectivity index (χ1) is 9.65. The van der Waals surface area contributed by atoms with Gasteiger partial charge < -0.3 is 4.90 Å². The first kappa shape index (κ1) is 14.6. The van der Waals surface area contributed by atoms with Crippen molar-refractivity contribution in [3.63, 3.8) is 0 Å². The van der Waals surface area contributed by atoms with E-state index in [4.69, 9.17) is 11.6 Å². The fourth-order valence-electron chi connectivity index (χ4n) is 3.20. The maximum atomic E-state index is 12.7. The van der Waals surface area contributed by atoms with Crippen LogP contribution in [0, 0.1) is 3.57 Å². The molecule has 3 nitrogen and oxygen atoms in total. The zero-order chi connectivity index (χ0) is 14.1. The van der Waals surface area contributed by atoms with E-state index in [1.54, 1.807) is 6.07 Å². The summed E-state index contributed by atoms with van der Waals surface area (Å²) in [7, 11) is 0. The van der Waals surface area contributed by atoms with Gasteiger partial charge in [0.15, 0.2) is 0 Å². The third kappa shape index (κ3) is 2.97. The molecule has 0 bridgehead atoms. The summed E-state index contributed by atoms with van der Waals surface area (Å²) >= 11 is 8.31. The number of carbonyl (C=O) groups is 1. The molecule has 2 heterocycles. The van der Waals surface area contributed by atoms with Gasteiger partial charge in [-0.1, -0.05) is 11.6 Å². The fraction of sp³-hybridized carbons (Fsp3) is 0.533. The molecule has 5 heteroatoms. The summed E-state index contributed by atoms with van der Waals surface area (Å²) < 4.78 is 0.985. The molecule has 2 saturated heterocycles. The van der Waals surface area contributed by atoms with Crippen LogP contribution in [0.1, 0.15) is 29.6 Å². The van der Waals surface area contributed by atoms with Gasteiger partial charge in [0, 0.05) is 34.8 Å². The monoisotopic (exact) mass is 404 g/mol. The van der Waals surface area contributed by atoms with Crippen molar-refractivity contribution in [2.24, 2.45) is 0 Å². The molecule has 0 spiro atoms. The molecule has 2 aliphatic heterocycles. The van der Waals surface area contributed by atoms with Crippen LogP contribution in [0.4, 0.5) is 0 Å². The number of nitrogens with zero attached hydrogens (tertiary/aromatic N) is 2. The topological polar surface area (TPSA) is 23.6 Å². The predicted octanol–water partition coefficient (Wildman–Crippen LogP) is 3.25. The molecule has 0 aromatic heterocycles. The Morgan fingerprint density at radius 1 is 1.25 bits per heavy atom. The van der Waals surface area contributed by atoms with Crippen LogP contribution in [-0.2, 0) is 0 Å². The lowest BCUT2D eigenvalue weighted by atomic mass is 10.1. The van der Waals surface area contributed by atoms with Crippen molar-refractivity contribution < 1.29 is 4.79 Å². The van der Waals surface area contributed by atoms with E-state index >= 15 is 0 Å². The molecule has 1 atom stereocenters. The summed E-state index contributed by atoms with van der Waals surface area (Å²) in [5.74, 6) is 0.122. The highest BCUT2D eigenvalue weighted by Gasteiger charge is 2.30.